The molecular formula is C15H29N3O. The summed E-state index contributed by atoms with van der Waals surface area (Å²) < 4.78 is 0. The molecule has 110 valence electrons. The van der Waals surface area contributed by atoms with E-state index in [1.807, 2.05) is 0 Å². The van der Waals surface area contributed by atoms with Crippen LogP contribution in [0.4, 0.5) is 0 Å². The molecule has 0 aromatic carbocycles. The van der Waals surface area contributed by atoms with E-state index in [-0.39, 0.29) is 5.91 Å². The maximum atomic E-state index is 12.0. The highest BCUT2D eigenvalue weighted by atomic mass is 16.1. The van der Waals surface area contributed by atoms with Crippen LogP contribution < -0.4 is 11.1 Å². The van der Waals surface area contributed by atoms with E-state index in [0.29, 0.717) is 24.4 Å². The van der Waals surface area contributed by atoms with Crippen molar-refractivity contribution in [2.45, 2.75) is 63.5 Å². The van der Waals surface area contributed by atoms with Crippen molar-refractivity contribution < 1.29 is 4.79 Å². The van der Waals surface area contributed by atoms with Crippen LogP contribution >= 0.6 is 0 Å². The van der Waals surface area contributed by atoms with E-state index in [4.69, 9.17) is 5.73 Å². The average molecular weight is 267 g/mol. The van der Waals surface area contributed by atoms with Gasteiger partial charge in [0.05, 0.1) is 0 Å². The number of likely N-dealkylation sites (tertiary alicyclic amines) is 1. The number of nitrogens with zero attached hydrogens (tertiary/aromatic N) is 1. The highest BCUT2D eigenvalue weighted by Crippen LogP contribution is 2.25. The minimum Gasteiger partial charge on any atom is -0.355 e. The monoisotopic (exact) mass is 267 g/mol. The van der Waals surface area contributed by atoms with Crippen LogP contribution in [0.1, 0.15) is 51.4 Å². The number of carbonyl (C=O) groups is 1. The summed E-state index contributed by atoms with van der Waals surface area (Å²) in [5.41, 5.74) is 5.97. The highest BCUT2D eigenvalue weighted by molar-refractivity contribution is 5.76. The van der Waals surface area contributed by atoms with Gasteiger partial charge in [0.15, 0.2) is 0 Å². The Kier molecular flexibility index (Phi) is 5.64. The van der Waals surface area contributed by atoms with Crippen LogP contribution in [0.15, 0.2) is 0 Å². The summed E-state index contributed by atoms with van der Waals surface area (Å²) in [6, 6.07) is 0.849. The second-order valence-electron chi connectivity index (χ2n) is 6.43. The van der Waals surface area contributed by atoms with E-state index >= 15 is 0 Å². The summed E-state index contributed by atoms with van der Waals surface area (Å²) in [4.78, 5) is 14.4. The first-order chi connectivity index (χ1) is 9.15. The molecule has 1 saturated heterocycles. The van der Waals surface area contributed by atoms with Crippen molar-refractivity contribution in [2.24, 2.45) is 11.7 Å². The van der Waals surface area contributed by atoms with Gasteiger partial charge >= 0.3 is 0 Å². The second-order valence-corrected chi connectivity index (χ2v) is 6.43. The summed E-state index contributed by atoms with van der Waals surface area (Å²) in [7, 11) is 2.16. The normalized spacial score (nSPS) is 33.1. The Morgan fingerprint density at radius 3 is 2.84 bits per heavy atom. The number of hydrogen-bond donors (Lipinski definition) is 2. The Morgan fingerprint density at radius 1 is 1.26 bits per heavy atom. The van der Waals surface area contributed by atoms with Crippen LogP contribution in [0.3, 0.4) is 0 Å². The molecule has 1 amide bonds. The van der Waals surface area contributed by atoms with Gasteiger partial charge in [-0.2, -0.15) is 0 Å². The Labute approximate surface area is 117 Å². The largest absolute Gasteiger partial charge is 0.355 e. The predicted molar refractivity (Wildman–Crippen MR) is 77.8 cm³/mol. The number of nitrogens with one attached hydrogen (secondary N) is 1. The summed E-state index contributed by atoms with van der Waals surface area (Å²) in [5, 5.41) is 3.12. The number of carbonyl (C=O) groups excluding carboxylic acids is 1. The number of hydrogen-bond acceptors (Lipinski definition) is 3. The van der Waals surface area contributed by atoms with Crippen LogP contribution in [0, 0.1) is 5.92 Å². The summed E-state index contributed by atoms with van der Waals surface area (Å²) >= 11 is 0. The Bertz CT molecular complexity index is 295. The minimum absolute atomic E-state index is 0.220. The van der Waals surface area contributed by atoms with Gasteiger partial charge in [0, 0.05) is 25.0 Å². The third-order valence-corrected chi connectivity index (χ3v) is 4.75. The zero-order valence-electron chi connectivity index (χ0n) is 12.2. The van der Waals surface area contributed by atoms with Crippen LogP contribution in [0.25, 0.3) is 0 Å². The van der Waals surface area contributed by atoms with E-state index in [1.54, 1.807) is 0 Å². The van der Waals surface area contributed by atoms with Gasteiger partial charge in [-0.3, -0.25) is 4.79 Å². The van der Waals surface area contributed by atoms with Gasteiger partial charge in [-0.25, -0.2) is 0 Å². The molecule has 2 fully saturated rings. The third kappa shape index (κ3) is 4.77. The van der Waals surface area contributed by atoms with Gasteiger partial charge in [-0.1, -0.05) is 12.8 Å². The molecule has 2 aliphatic rings. The van der Waals surface area contributed by atoms with Crippen molar-refractivity contribution in [1.29, 1.82) is 0 Å². The fourth-order valence-corrected chi connectivity index (χ4v) is 3.49. The molecule has 3 atom stereocenters. The summed E-state index contributed by atoms with van der Waals surface area (Å²) in [6.45, 7) is 1.98. The zero-order valence-corrected chi connectivity index (χ0v) is 12.2. The maximum absolute atomic E-state index is 12.0. The molecule has 0 bridgehead atoms. The number of piperidine rings is 1. The topological polar surface area (TPSA) is 58.4 Å². The van der Waals surface area contributed by atoms with E-state index in [1.165, 1.54) is 32.1 Å². The lowest BCUT2D eigenvalue weighted by molar-refractivity contribution is -0.122. The van der Waals surface area contributed by atoms with Crippen LogP contribution in [-0.4, -0.2) is 43.0 Å². The molecule has 0 spiro atoms. The minimum atomic E-state index is 0.220. The van der Waals surface area contributed by atoms with E-state index in [0.717, 1.165) is 25.9 Å². The fourth-order valence-electron chi connectivity index (χ4n) is 3.49. The summed E-state index contributed by atoms with van der Waals surface area (Å²) in [6.07, 6.45) is 8.98. The van der Waals surface area contributed by atoms with Crippen molar-refractivity contribution >= 4 is 5.91 Å². The predicted octanol–water partition coefficient (Wildman–Crippen LogP) is 1.49. The quantitative estimate of drug-likeness (QED) is 0.811. The van der Waals surface area contributed by atoms with Crippen LogP contribution in [-0.2, 0) is 4.79 Å². The molecule has 2 rings (SSSR count). The van der Waals surface area contributed by atoms with Gasteiger partial charge in [0.1, 0.15) is 0 Å². The Balaban J connectivity index is 1.66. The molecule has 3 N–H and O–H groups in total. The number of rotatable bonds is 4. The molecule has 1 aliphatic carbocycles. The van der Waals surface area contributed by atoms with Crippen LogP contribution in [0.2, 0.25) is 0 Å². The standard InChI is InChI=1S/C15H29N3O/c1-18-8-3-2-7-14(18)11-17-15(19)10-12-5-4-6-13(16)9-12/h12-14H,2-11,16H2,1H3,(H,17,19). The Hall–Kier alpha value is -0.610. The van der Waals surface area contributed by atoms with Gasteiger partial charge in [-0.05, 0) is 51.6 Å². The van der Waals surface area contributed by atoms with Gasteiger partial charge in [0.25, 0.3) is 0 Å². The zero-order chi connectivity index (χ0) is 13.7. The number of amides is 1. The first-order valence-electron chi connectivity index (χ1n) is 7.87. The van der Waals surface area contributed by atoms with Gasteiger partial charge < -0.3 is 16.0 Å². The molecule has 3 unspecified atom stereocenters. The molecule has 0 aromatic rings. The van der Waals surface area contributed by atoms with Crippen molar-refractivity contribution in [3.8, 4) is 0 Å². The molecule has 1 heterocycles. The molecular weight excluding hydrogens is 238 g/mol. The molecule has 1 saturated carbocycles. The molecule has 19 heavy (non-hydrogen) atoms. The molecule has 4 nitrogen and oxygen atoms in total. The molecule has 0 aromatic heterocycles. The van der Waals surface area contributed by atoms with Crippen molar-refractivity contribution in [3.63, 3.8) is 0 Å². The van der Waals surface area contributed by atoms with E-state index in [2.05, 4.69) is 17.3 Å². The lowest BCUT2D eigenvalue weighted by atomic mass is 9.84. The van der Waals surface area contributed by atoms with Crippen molar-refractivity contribution in [2.75, 3.05) is 20.1 Å². The maximum Gasteiger partial charge on any atom is 0.220 e. The number of nitrogens with two attached hydrogens (primary N) is 1. The number of likely N-dealkylation sites (N-methyl/N-ethyl adjacent to an activating group) is 1. The second kappa shape index (κ2) is 7.25. The van der Waals surface area contributed by atoms with Gasteiger partial charge in [0.2, 0.25) is 5.91 Å². The smallest absolute Gasteiger partial charge is 0.220 e. The average Bonchev–Trinajstić information content (AvgIpc) is 2.38. The highest BCUT2D eigenvalue weighted by Gasteiger charge is 2.23. The first kappa shape index (κ1) is 14.8. The van der Waals surface area contributed by atoms with Gasteiger partial charge in [-0.15, -0.1) is 0 Å². The van der Waals surface area contributed by atoms with Crippen molar-refractivity contribution in [3.05, 3.63) is 0 Å². The van der Waals surface area contributed by atoms with E-state index in [9.17, 15) is 4.79 Å². The SMILES string of the molecule is CN1CCCCC1CNC(=O)CC1CCCC(N)C1. The first-order valence-corrected chi connectivity index (χ1v) is 7.87. The van der Waals surface area contributed by atoms with Crippen molar-refractivity contribution in [1.82, 2.24) is 10.2 Å². The van der Waals surface area contributed by atoms with Crippen LogP contribution in [0.5, 0.6) is 0 Å². The summed E-state index contributed by atoms with van der Waals surface area (Å²) in [5.74, 6) is 0.728. The Morgan fingerprint density at radius 2 is 2.11 bits per heavy atom. The third-order valence-electron chi connectivity index (χ3n) is 4.75. The molecule has 1 aliphatic heterocycles. The lowest BCUT2D eigenvalue weighted by Crippen LogP contribution is -2.45. The lowest BCUT2D eigenvalue weighted by Gasteiger charge is -2.32. The fraction of sp³-hybridized carbons (Fsp3) is 0.933. The molecule has 4 heteroatoms. The molecule has 0 radical (unpaired) electrons. The van der Waals surface area contributed by atoms with E-state index < -0.39 is 0 Å².